The van der Waals surface area contributed by atoms with E-state index in [1.165, 1.54) is 30.6 Å². The number of pyridine rings is 1. The summed E-state index contributed by atoms with van der Waals surface area (Å²) in [5, 5.41) is 0. The number of anilines is 1. The van der Waals surface area contributed by atoms with Gasteiger partial charge in [0.15, 0.2) is 0 Å². The Balaban J connectivity index is 0.00000141. The van der Waals surface area contributed by atoms with Gasteiger partial charge in [0.25, 0.3) is 0 Å². The molecule has 0 unspecified atom stereocenters. The molecule has 32 heavy (non-hydrogen) atoms. The van der Waals surface area contributed by atoms with Gasteiger partial charge in [0.2, 0.25) is 5.91 Å². The topological polar surface area (TPSA) is 42.9 Å². The minimum atomic E-state index is 0.157. The van der Waals surface area contributed by atoms with E-state index >= 15 is 0 Å². The fourth-order valence-corrected chi connectivity index (χ4v) is 4.31. The Morgan fingerprint density at radius 3 is 2.16 bits per heavy atom. The predicted octanol–water partition coefficient (Wildman–Crippen LogP) is 3.58. The van der Waals surface area contributed by atoms with Crippen molar-refractivity contribution in [1.82, 2.24) is 19.7 Å². The van der Waals surface area contributed by atoms with Crippen LogP contribution in [0, 0.1) is 0 Å². The lowest BCUT2D eigenvalue weighted by molar-refractivity contribution is -0.129. The standard InChI is InChI=1S/C24H33N5O.C2H6/c1-20(30)28-14-16-29(17-15-28)24-9-8-23(18-25-24)22-6-4-21(5-7-22)19-27-11-3-10-26(2)12-13-27;1-2/h4-9,18H,3,10-17,19H2,1-2H3;1-2H3. The minimum absolute atomic E-state index is 0.157. The molecule has 4 rings (SSSR count). The van der Waals surface area contributed by atoms with E-state index in [0.717, 1.165) is 57.2 Å². The van der Waals surface area contributed by atoms with E-state index in [0.29, 0.717) is 0 Å². The normalized spacial score (nSPS) is 18.0. The number of rotatable bonds is 4. The van der Waals surface area contributed by atoms with Crippen LogP contribution in [0.5, 0.6) is 0 Å². The Hall–Kier alpha value is -2.44. The molecule has 0 aliphatic carbocycles. The summed E-state index contributed by atoms with van der Waals surface area (Å²) in [5.41, 5.74) is 3.72. The van der Waals surface area contributed by atoms with Crippen LogP contribution in [0.3, 0.4) is 0 Å². The van der Waals surface area contributed by atoms with Crippen molar-refractivity contribution >= 4 is 11.7 Å². The third-order valence-electron chi connectivity index (χ3n) is 6.30. The minimum Gasteiger partial charge on any atom is -0.353 e. The van der Waals surface area contributed by atoms with E-state index in [4.69, 9.17) is 4.98 Å². The molecule has 3 heterocycles. The smallest absolute Gasteiger partial charge is 0.219 e. The highest BCUT2D eigenvalue weighted by molar-refractivity contribution is 5.73. The lowest BCUT2D eigenvalue weighted by Crippen LogP contribution is -2.48. The molecule has 0 radical (unpaired) electrons. The molecule has 2 aliphatic rings. The molecule has 2 aliphatic heterocycles. The highest BCUT2D eigenvalue weighted by Gasteiger charge is 2.19. The molecular weight excluding hydrogens is 398 g/mol. The molecule has 0 bridgehead atoms. The highest BCUT2D eigenvalue weighted by atomic mass is 16.2. The van der Waals surface area contributed by atoms with Crippen molar-refractivity contribution in [2.45, 2.75) is 33.7 Å². The Morgan fingerprint density at radius 2 is 1.53 bits per heavy atom. The van der Waals surface area contributed by atoms with E-state index in [1.807, 2.05) is 24.9 Å². The summed E-state index contributed by atoms with van der Waals surface area (Å²) in [5.74, 6) is 1.15. The first kappa shape index (κ1) is 24.2. The van der Waals surface area contributed by atoms with Crippen molar-refractivity contribution in [1.29, 1.82) is 0 Å². The SMILES string of the molecule is CC.CC(=O)N1CCN(c2ccc(-c3ccc(CN4CCCN(C)CC4)cc3)cn2)CC1. The van der Waals surface area contributed by atoms with Crippen molar-refractivity contribution in [2.75, 3.05) is 64.3 Å². The van der Waals surface area contributed by atoms with Gasteiger partial charge in [0, 0.05) is 64.5 Å². The summed E-state index contributed by atoms with van der Waals surface area (Å²) in [7, 11) is 2.21. The van der Waals surface area contributed by atoms with E-state index in [-0.39, 0.29) is 5.91 Å². The number of carbonyl (C=O) groups excluding carboxylic acids is 1. The first-order valence-electron chi connectivity index (χ1n) is 12.1. The summed E-state index contributed by atoms with van der Waals surface area (Å²) in [4.78, 5) is 25.3. The lowest BCUT2D eigenvalue weighted by atomic mass is 10.1. The van der Waals surface area contributed by atoms with Crippen molar-refractivity contribution in [2.24, 2.45) is 0 Å². The van der Waals surface area contributed by atoms with E-state index in [2.05, 4.69) is 58.1 Å². The van der Waals surface area contributed by atoms with E-state index < -0.39 is 0 Å². The van der Waals surface area contributed by atoms with Crippen LogP contribution in [-0.4, -0.2) is 85.0 Å². The fraction of sp³-hybridized carbons (Fsp3) is 0.538. The predicted molar refractivity (Wildman–Crippen MR) is 133 cm³/mol. The number of amides is 1. The second kappa shape index (κ2) is 12.0. The van der Waals surface area contributed by atoms with Gasteiger partial charge in [-0.15, -0.1) is 0 Å². The lowest BCUT2D eigenvalue weighted by Gasteiger charge is -2.34. The second-order valence-electron chi connectivity index (χ2n) is 8.53. The van der Waals surface area contributed by atoms with Gasteiger partial charge in [-0.05, 0) is 49.8 Å². The van der Waals surface area contributed by atoms with Crippen LogP contribution in [0.25, 0.3) is 11.1 Å². The van der Waals surface area contributed by atoms with Crippen LogP contribution < -0.4 is 4.90 Å². The molecule has 0 atom stereocenters. The first-order chi connectivity index (χ1) is 15.6. The Morgan fingerprint density at radius 1 is 0.844 bits per heavy atom. The molecule has 0 spiro atoms. The molecule has 2 saturated heterocycles. The van der Waals surface area contributed by atoms with Crippen molar-refractivity contribution in [3.63, 3.8) is 0 Å². The number of benzene rings is 1. The van der Waals surface area contributed by atoms with Gasteiger partial charge < -0.3 is 14.7 Å². The maximum atomic E-state index is 11.5. The van der Waals surface area contributed by atoms with Gasteiger partial charge in [-0.2, -0.15) is 0 Å². The van der Waals surface area contributed by atoms with E-state index in [9.17, 15) is 4.79 Å². The number of piperazine rings is 1. The molecule has 6 heteroatoms. The Bertz CT molecular complexity index is 828. The van der Waals surface area contributed by atoms with Gasteiger partial charge in [-0.1, -0.05) is 38.1 Å². The summed E-state index contributed by atoms with van der Waals surface area (Å²) in [6, 6.07) is 13.2. The number of likely N-dealkylation sites (N-methyl/N-ethyl adjacent to an activating group) is 1. The van der Waals surface area contributed by atoms with Crippen molar-refractivity contribution in [3.05, 3.63) is 48.2 Å². The maximum Gasteiger partial charge on any atom is 0.219 e. The van der Waals surface area contributed by atoms with Crippen LogP contribution in [0.1, 0.15) is 32.8 Å². The summed E-state index contributed by atoms with van der Waals surface area (Å²) in [6.07, 6.45) is 3.21. The van der Waals surface area contributed by atoms with Crippen molar-refractivity contribution in [3.8, 4) is 11.1 Å². The zero-order valence-corrected chi connectivity index (χ0v) is 20.3. The largest absolute Gasteiger partial charge is 0.353 e. The quantitative estimate of drug-likeness (QED) is 0.731. The first-order valence-corrected chi connectivity index (χ1v) is 12.1. The zero-order chi connectivity index (χ0) is 22.9. The average Bonchev–Trinajstić information content (AvgIpc) is 3.05. The number of hydrogen-bond acceptors (Lipinski definition) is 5. The van der Waals surface area contributed by atoms with Crippen molar-refractivity contribution < 1.29 is 4.79 Å². The summed E-state index contributed by atoms with van der Waals surface area (Å²) >= 11 is 0. The number of hydrogen-bond donors (Lipinski definition) is 0. The third-order valence-corrected chi connectivity index (χ3v) is 6.30. The van der Waals surface area contributed by atoms with Crippen LogP contribution in [0.4, 0.5) is 5.82 Å². The molecule has 1 amide bonds. The molecule has 1 aromatic heterocycles. The third kappa shape index (κ3) is 6.53. The van der Waals surface area contributed by atoms with Crippen LogP contribution in [0.2, 0.25) is 0 Å². The molecule has 1 aromatic carbocycles. The van der Waals surface area contributed by atoms with Gasteiger partial charge in [0.05, 0.1) is 0 Å². The van der Waals surface area contributed by atoms with Crippen LogP contribution >= 0.6 is 0 Å². The molecule has 0 saturated carbocycles. The molecule has 174 valence electrons. The number of nitrogens with zero attached hydrogens (tertiary/aromatic N) is 5. The number of carbonyl (C=O) groups is 1. The second-order valence-corrected chi connectivity index (χ2v) is 8.53. The number of aromatic nitrogens is 1. The summed E-state index contributed by atoms with van der Waals surface area (Å²) in [6.45, 7) is 14.6. The van der Waals surface area contributed by atoms with Gasteiger partial charge in [-0.25, -0.2) is 4.98 Å². The van der Waals surface area contributed by atoms with Gasteiger partial charge in [0.1, 0.15) is 5.82 Å². The highest BCUT2D eigenvalue weighted by Crippen LogP contribution is 2.23. The molecular formula is C26H39N5O. The molecule has 0 N–H and O–H groups in total. The Labute approximate surface area is 193 Å². The zero-order valence-electron chi connectivity index (χ0n) is 20.3. The van der Waals surface area contributed by atoms with Crippen LogP contribution in [0.15, 0.2) is 42.6 Å². The maximum absolute atomic E-state index is 11.5. The average molecular weight is 438 g/mol. The summed E-state index contributed by atoms with van der Waals surface area (Å²) < 4.78 is 0. The van der Waals surface area contributed by atoms with Gasteiger partial charge >= 0.3 is 0 Å². The Kier molecular flexibility index (Phi) is 9.06. The van der Waals surface area contributed by atoms with Crippen LogP contribution in [-0.2, 0) is 11.3 Å². The van der Waals surface area contributed by atoms with E-state index in [1.54, 1.807) is 6.92 Å². The molecule has 2 aromatic rings. The monoisotopic (exact) mass is 437 g/mol. The van der Waals surface area contributed by atoms with Gasteiger partial charge in [-0.3, -0.25) is 9.69 Å². The fourth-order valence-electron chi connectivity index (χ4n) is 4.31. The molecule has 6 nitrogen and oxygen atoms in total. The molecule has 2 fully saturated rings.